The van der Waals surface area contributed by atoms with Gasteiger partial charge in [0.1, 0.15) is 11.9 Å². The van der Waals surface area contributed by atoms with Crippen molar-refractivity contribution in [3.05, 3.63) is 70.5 Å². The molecule has 0 fully saturated rings. The van der Waals surface area contributed by atoms with Gasteiger partial charge >= 0.3 is 0 Å². The van der Waals surface area contributed by atoms with E-state index < -0.39 is 6.04 Å². The number of rotatable bonds is 10. The topological polar surface area (TPSA) is 49.4 Å². The molecule has 0 aliphatic rings. The number of carbonyl (C=O) groups is 2. The highest BCUT2D eigenvalue weighted by atomic mass is 35.5. The summed E-state index contributed by atoms with van der Waals surface area (Å²) in [6, 6.07) is 12.9. The maximum Gasteiger partial charge on any atom is 0.242 e. The number of nitrogens with one attached hydrogen (secondary N) is 1. The molecular weight excluding hydrogens is 423 g/mol. The molecule has 162 valence electrons. The molecule has 2 aromatic rings. The van der Waals surface area contributed by atoms with Crippen molar-refractivity contribution >= 4 is 35.2 Å². The Hall–Kier alpha value is -2.05. The second kappa shape index (κ2) is 12.0. The van der Waals surface area contributed by atoms with Crippen molar-refractivity contribution in [2.24, 2.45) is 0 Å². The molecule has 0 saturated heterocycles. The minimum absolute atomic E-state index is 0.0379. The second-order valence-corrected chi connectivity index (χ2v) is 8.69. The Labute approximate surface area is 187 Å². The Morgan fingerprint density at radius 2 is 1.83 bits per heavy atom. The van der Waals surface area contributed by atoms with Gasteiger partial charge in [-0.25, -0.2) is 4.39 Å². The number of carbonyl (C=O) groups excluding carboxylic acids is 2. The minimum Gasteiger partial charge on any atom is -0.352 e. The molecule has 0 radical (unpaired) electrons. The number of amides is 2. The molecule has 2 aromatic carbocycles. The summed E-state index contributed by atoms with van der Waals surface area (Å²) in [5.41, 5.74) is 1.81. The third-order valence-electron chi connectivity index (χ3n) is 4.82. The van der Waals surface area contributed by atoms with E-state index in [1.54, 1.807) is 36.1 Å². The Morgan fingerprint density at radius 3 is 2.47 bits per heavy atom. The number of thioether (sulfide) groups is 1. The van der Waals surface area contributed by atoms with Crippen LogP contribution in [0.3, 0.4) is 0 Å². The summed E-state index contributed by atoms with van der Waals surface area (Å²) in [5.74, 6) is 0.217. The molecule has 4 nitrogen and oxygen atoms in total. The molecule has 2 rings (SSSR count). The van der Waals surface area contributed by atoms with Crippen molar-refractivity contribution in [2.45, 2.75) is 51.6 Å². The van der Waals surface area contributed by atoms with Crippen LogP contribution in [-0.4, -0.2) is 34.6 Å². The van der Waals surface area contributed by atoms with Crippen LogP contribution in [0.5, 0.6) is 0 Å². The molecule has 2 atom stereocenters. The van der Waals surface area contributed by atoms with Gasteiger partial charge < -0.3 is 10.2 Å². The van der Waals surface area contributed by atoms with E-state index in [0.29, 0.717) is 17.3 Å². The molecule has 0 aromatic heterocycles. The lowest BCUT2D eigenvalue weighted by molar-refractivity contribution is -0.138. The van der Waals surface area contributed by atoms with Gasteiger partial charge in [0.25, 0.3) is 0 Å². The first kappa shape index (κ1) is 24.2. The fraction of sp³-hybridized carbons (Fsp3) is 0.391. The third-order valence-corrected chi connectivity index (χ3v) is 6.04. The zero-order valence-electron chi connectivity index (χ0n) is 17.5. The molecule has 2 amide bonds. The highest BCUT2D eigenvalue weighted by Gasteiger charge is 2.26. The van der Waals surface area contributed by atoms with Crippen LogP contribution in [0.2, 0.25) is 5.02 Å². The van der Waals surface area contributed by atoms with Gasteiger partial charge in [-0.2, -0.15) is 0 Å². The van der Waals surface area contributed by atoms with Gasteiger partial charge in [0.15, 0.2) is 0 Å². The maximum absolute atomic E-state index is 13.0. The molecule has 0 aliphatic heterocycles. The molecule has 0 spiro atoms. The molecule has 0 unspecified atom stereocenters. The Balaban J connectivity index is 2.07. The second-order valence-electron chi connectivity index (χ2n) is 7.26. The molecule has 30 heavy (non-hydrogen) atoms. The van der Waals surface area contributed by atoms with Crippen molar-refractivity contribution in [3.8, 4) is 0 Å². The van der Waals surface area contributed by atoms with Crippen molar-refractivity contribution in [3.63, 3.8) is 0 Å². The molecule has 0 bridgehead atoms. The van der Waals surface area contributed by atoms with E-state index in [1.165, 1.54) is 23.9 Å². The summed E-state index contributed by atoms with van der Waals surface area (Å²) in [6.45, 7) is 5.97. The SMILES string of the molecule is CC[C@H](C)NC(=O)[C@H](C)N(Cc1cccc(Cl)c1)C(=O)CSCc1ccc(F)cc1. The normalized spacial score (nSPS) is 12.8. The Kier molecular flexibility index (Phi) is 9.66. The Morgan fingerprint density at radius 1 is 1.13 bits per heavy atom. The summed E-state index contributed by atoms with van der Waals surface area (Å²) in [7, 11) is 0. The average Bonchev–Trinajstić information content (AvgIpc) is 2.72. The van der Waals surface area contributed by atoms with Crippen LogP contribution in [0.1, 0.15) is 38.3 Å². The van der Waals surface area contributed by atoms with Gasteiger partial charge in [-0.1, -0.05) is 42.8 Å². The van der Waals surface area contributed by atoms with Gasteiger partial charge in [-0.15, -0.1) is 11.8 Å². The standard InChI is InChI=1S/C23H28ClFN2O2S/c1-4-16(2)26-23(29)17(3)27(13-19-6-5-7-20(24)12-19)22(28)15-30-14-18-8-10-21(25)11-9-18/h5-12,16-17H,4,13-15H2,1-3H3,(H,26,29)/t16-,17-/m0/s1. The average molecular weight is 451 g/mol. The monoisotopic (exact) mass is 450 g/mol. The predicted molar refractivity (Wildman–Crippen MR) is 122 cm³/mol. The van der Waals surface area contributed by atoms with Crippen molar-refractivity contribution in [1.82, 2.24) is 10.2 Å². The van der Waals surface area contributed by atoms with E-state index in [2.05, 4.69) is 5.32 Å². The summed E-state index contributed by atoms with van der Waals surface area (Å²) in [5, 5.41) is 3.53. The highest BCUT2D eigenvalue weighted by molar-refractivity contribution is 7.99. The van der Waals surface area contributed by atoms with E-state index in [9.17, 15) is 14.0 Å². The maximum atomic E-state index is 13.0. The van der Waals surface area contributed by atoms with Crippen LogP contribution in [0.15, 0.2) is 48.5 Å². The summed E-state index contributed by atoms with van der Waals surface area (Å²) in [6.07, 6.45) is 0.814. The summed E-state index contributed by atoms with van der Waals surface area (Å²) < 4.78 is 13.0. The molecule has 0 heterocycles. The molecule has 0 saturated carbocycles. The largest absolute Gasteiger partial charge is 0.352 e. The molecule has 1 N–H and O–H groups in total. The van der Waals surface area contributed by atoms with E-state index in [4.69, 9.17) is 11.6 Å². The van der Waals surface area contributed by atoms with E-state index in [1.807, 2.05) is 26.0 Å². The van der Waals surface area contributed by atoms with Crippen LogP contribution >= 0.6 is 23.4 Å². The van der Waals surface area contributed by atoms with Gasteiger partial charge in [0, 0.05) is 23.4 Å². The summed E-state index contributed by atoms with van der Waals surface area (Å²) >= 11 is 7.53. The Bertz CT molecular complexity index is 847. The van der Waals surface area contributed by atoms with E-state index in [-0.39, 0.29) is 29.4 Å². The van der Waals surface area contributed by atoms with E-state index >= 15 is 0 Å². The number of halogens is 2. The van der Waals surface area contributed by atoms with E-state index in [0.717, 1.165) is 17.5 Å². The van der Waals surface area contributed by atoms with Gasteiger partial charge in [-0.3, -0.25) is 9.59 Å². The lowest BCUT2D eigenvalue weighted by atomic mass is 10.1. The van der Waals surface area contributed by atoms with Crippen molar-refractivity contribution < 1.29 is 14.0 Å². The van der Waals surface area contributed by atoms with Crippen LogP contribution in [-0.2, 0) is 21.9 Å². The fourth-order valence-electron chi connectivity index (χ4n) is 2.80. The summed E-state index contributed by atoms with van der Waals surface area (Å²) in [4.78, 5) is 27.3. The quantitative estimate of drug-likeness (QED) is 0.551. The van der Waals surface area contributed by atoms with Gasteiger partial charge in [0.05, 0.1) is 5.75 Å². The minimum atomic E-state index is -0.614. The predicted octanol–water partition coefficient (Wildman–Crippen LogP) is 5.04. The van der Waals surface area contributed by atoms with Gasteiger partial charge in [-0.05, 0) is 55.7 Å². The number of hydrogen-bond donors (Lipinski definition) is 1. The first-order valence-corrected chi connectivity index (χ1v) is 11.5. The van der Waals surface area contributed by atoms with Crippen LogP contribution in [0.4, 0.5) is 4.39 Å². The lowest BCUT2D eigenvalue weighted by Crippen LogP contribution is -2.50. The van der Waals surface area contributed by atoms with Crippen LogP contribution in [0.25, 0.3) is 0 Å². The smallest absolute Gasteiger partial charge is 0.242 e. The zero-order valence-corrected chi connectivity index (χ0v) is 19.1. The van der Waals surface area contributed by atoms with Crippen LogP contribution < -0.4 is 5.32 Å². The molecular formula is C23H28ClFN2O2S. The number of benzene rings is 2. The molecule has 7 heteroatoms. The zero-order chi connectivity index (χ0) is 22.1. The van der Waals surface area contributed by atoms with Gasteiger partial charge in [0.2, 0.25) is 11.8 Å². The molecule has 0 aliphatic carbocycles. The number of nitrogens with zero attached hydrogens (tertiary/aromatic N) is 1. The van der Waals surface area contributed by atoms with Crippen molar-refractivity contribution in [2.75, 3.05) is 5.75 Å². The lowest BCUT2D eigenvalue weighted by Gasteiger charge is -2.29. The number of hydrogen-bond acceptors (Lipinski definition) is 3. The van der Waals surface area contributed by atoms with Crippen LogP contribution in [0, 0.1) is 5.82 Å². The third kappa shape index (κ3) is 7.65. The first-order valence-electron chi connectivity index (χ1n) is 9.96. The fourth-order valence-corrected chi connectivity index (χ4v) is 3.88. The highest BCUT2D eigenvalue weighted by Crippen LogP contribution is 2.18. The van der Waals surface area contributed by atoms with Crippen molar-refractivity contribution in [1.29, 1.82) is 0 Å². The first-order chi connectivity index (χ1) is 14.3.